The van der Waals surface area contributed by atoms with Crippen LogP contribution in [-0.4, -0.2) is 9.55 Å². The molecule has 0 bridgehead atoms. The number of fused-ring (bicyclic) bond motifs is 9. The Kier molecular flexibility index (Phi) is 7.50. The van der Waals surface area contributed by atoms with E-state index in [9.17, 15) is 0 Å². The molecule has 0 saturated heterocycles. The zero-order valence-corrected chi connectivity index (χ0v) is 32.0. The summed E-state index contributed by atoms with van der Waals surface area (Å²) in [7, 11) is 0. The molecule has 0 spiro atoms. The number of aromatic nitrogens is 2. The highest BCUT2D eigenvalue weighted by atomic mass is 16.3. The van der Waals surface area contributed by atoms with Gasteiger partial charge in [-0.1, -0.05) is 140 Å². The Morgan fingerprint density at radius 2 is 1.03 bits per heavy atom. The van der Waals surface area contributed by atoms with Gasteiger partial charge in [0, 0.05) is 44.6 Å². The first-order valence-corrected chi connectivity index (χ1v) is 20.0. The minimum atomic E-state index is 0.615. The molecule has 0 fully saturated rings. The van der Waals surface area contributed by atoms with E-state index in [1.807, 2.05) is 36.4 Å². The number of hydrogen-bond acceptors (Lipinski definition) is 3. The second kappa shape index (κ2) is 13.3. The van der Waals surface area contributed by atoms with Crippen molar-refractivity contribution in [3.05, 3.63) is 212 Å². The molecule has 276 valence electrons. The Bertz CT molecular complexity index is 3570. The van der Waals surface area contributed by atoms with Gasteiger partial charge in [-0.2, -0.15) is 0 Å². The van der Waals surface area contributed by atoms with Crippen molar-refractivity contribution in [2.45, 2.75) is 0 Å². The summed E-state index contributed by atoms with van der Waals surface area (Å²) in [6, 6.07) is 75.9. The highest BCUT2D eigenvalue weighted by Crippen LogP contribution is 2.44. The SMILES string of the molecule is c1ccc(-c2nc3cccc(-c4cccc(N(c5ccc6ccc7ccccc7c6c5)c5ccc6c7c8ccccc8ccc7n(-c7ccccc7)c6c5)c4)c3o2)cc1. The molecule has 4 nitrogen and oxygen atoms in total. The zero-order valence-electron chi connectivity index (χ0n) is 32.0. The molecule has 10 aromatic carbocycles. The van der Waals surface area contributed by atoms with Crippen molar-refractivity contribution in [1.82, 2.24) is 9.55 Å². The Balaban J connectivity index is 1.10. The van der Waals surface area contributed by atoms with Crippen molar-refractivity contribution >= 4 is 82.3 Å². The summed E-state index contributed by atoms with van der Waals surface area (Å²) in [5.74, 6) is 0.615. The zero-order chi connectivity index (χ0) is 38.9. The number of rotatable bonds is 6. The maximum absolute atomic E-state index is 6.53. The first-order chi connectivity index (χ1) is 29.2. The quantitative estimate of drug-likeness (QED) is 0.159. The van der Waals surface area contributed by atoms with Crippen LogP contribution in [0.4, 0.5) is 17.1 Å². The fraction of sp³-hybridized carbons (Fsp3) is 0. The standard InChI is InChI=1S/C55H35N3O/c1-3-15-39(16-4-1)55-56-50-24-12-23-47(54(50)59-55)40-17-11-20-42(33-40)57(43-29-27-38-26-25-36-13-7-9-21-45(36)49(38)34-43)44-30-31-48-52(35-44)58(41-18-5-2-6-19-41)51-32-28-37-14-8-10-22-46(37)53(48)51/h1-35H. The summed E-state index contributed by atoms with van der Waals surface area (Å²) < 4.78 is 8.95. The number of anilines is 3. The van der Waals surface area contributed by atoms with Gasteiger partial charge in [-0.3, -0.25) is 0 Å². The summed E-state index contributed by atoms with van der Waals surface area (Å²) in [5, 5.41) is 9.84. The van der Waals surface area contributed by atoms with Crippen LogP contribution in [-0.2, 0) is 0 Å². The van der Waals surface area contributed by atoms with Gasteiger partial charge < -0.3 is 13.9 Å². The highest BCUT2D eigenvalue weighted by molar-refractivity contribution is 6.22. The summed E-state index contributed by atoms with van der Waals surface area (Å²) in [5.41, 5.74) is 11.2. The molecule has 0 amide bonds. The van der Waals surface area contributed by atoms with E-state index < -0.39 is 0 Å². The van der Waals surface area contributed by atoms with Crippen molar-refractivity contribution in [3.8, 4) is 28.3 Å². The third kappa shape index (κ3) is 5.42. The molecule has 0 N–H and O–H groups in total. The van der Waals surface area contributed by atoms with E-state index in [0.29, 0.717) is 5.89 Å². The van der Waals surface area contributed by atoms with E-state index in [1.54, 1.807) is 0 Å². The monoisotopic (exact) mass is 753 g/mol. The number of nitrogens with zero attached hydrogens (tertiary/aromatic N) is 3. The average molecular weight is 754 g/mol. The molecular formula is C55H35N3O. The van der Waals surface area contributed by atoms with Crippen LogP contribution in [0.1, 0.15) is 0 Å². The number of oxazole rings is 1. The van der Waals surface area contributed by atoms with Gasteiger partial charge in [0.25, 0.3) is 0 Å². The summed E-state index contributed by atoms with van der Waals surface area (Å²) in [6.07, 6.45) is 0. The molecule has 4 heteroatoms. The predicted molar refractivity (Wildman–Crippen MR) is 246 cm³/mol. The minimum Gasteiger partial charge on any atom is -0.435 e. The molecule has 2 heterocycles. The van der Waals surface area contributed by atoms with Crippen LogP contribution in [0.2, 0.25) is 0 Å². The van der Waals surface area contributed by atoms with Crippen LogP contribution >= 0.6 is 0 Å². The second-order valence-electron chi connectivity index (χ2n) is 15.2. The average Bonchev–Trinajstić information content (AvgIpc) is 3.90. The normalized spacial score (nSPS) is 11.7. The van der Waals surface area contributed by atoms with Gasteiger partial charge in [0.05, 0.1) is 11.0 Å². The summed E-state index contributed by atoms with van der Waals surface area (Å²) >= 11 is 0. The van der Waals surface area contributed by atoms with Crippen molar-refractivity contribution in [2.24, 2.45) is 0 Å². The van der Waals surface area contributed by atoms with E-state index in [-0.39, 0.29) is 0 Å². The van der Waals surface area contributed by atoms with Gasteiger partial charge in [0.15, 0.2) is 5.58 Å². The molecule has 0 aliphatic carbocycles. The van der Waals surface area contributed by atoms with Gasteiger partial charge in [-0.15, -0.1) is 0 Å². The lowest BCUT2D eigenvalue weighted by Gasteiger charge is -2.27. The molecular weight excluding hydrogens is 719 g/mol. The molecule has 0 radical (unpaired) electrons. The Morgan fingerprint density at radius 1 is 0.407 bits per heavy atom. The van der Waals surface area contributed by atoms with E-state index in [0.717, 1.165) is 56.1 Å². The summed E-state index contributed by atoms with van der Waals surface area (Å²) in [6.45, 7) is 0. The number of para-hydroxylation sites is 2. The number of hydrogen-bond donors (Lipinski definition) is 0. The lowest BCUT2D eigenvalue weighted by Crippen LogP contribution is -2.10. The lowest BCUT2D eigenvalue weighted by atomic mass is 10.00. The van der Waals surface area contributed by atoms with E-state index >= 15 is 0 Å². The predicted octanol–water partition coefficient (Wildman–Crippen LogP) is 15.2. The summed E-state index contributed by atoms with van der Waals surface area (Å²) in [4.78, 5) is 7.29. The highest BCUT2D eigenvalue weighted by Gasteiger charge is 2.21. The molecule has 0 aliphatic heterocycles. The van der Waals surface area contributed by atoms with Crippen molar-refractivity contribution < 1.29 is 4.42 Å². The van der Waals surface area contributed by atoms with Gasteiger partial charge in [0.2, 0.25) is 5.89 Å². The first kappa shape index (κ1) is 33.2. The maximum Gasteiger partial charge on any atom is 0.227 e. The van der Waals surface area contributed by atoms with Gasteiger partial charge >= 0.3 is 0 Å². The topological polar surface area (TPSA) is 34.2 Å². The minimum absolute atomic E-state index is 0.615. The smallest absolute Gasteiger partial charge is 0.227 e. The fourth-order valence-electron chi connectivity index (χ4n) is 9.04. The van der Waals surface area contributed by atoms with Gasteiger partial charge in [-0.05, 0) is 111 Å². The van der Waals surface area contributed by atoms with Crippen LogP contribution in [0.3, 0.4) is 0 Å². The molecule has 12 aromatic rings. The third-order valence-electron chi connectivity index (χ3n) is 11.8. The Morgan fingerprint density at radius 3 is 1.88 bits per heavy atom. The largest absolute Gasteiger partial charge is 0.435 e. The molecule has 0 aliphatic rings. The van der Waals surface area contributed by atoms with Gasteiger partial charge in [0.1, 0.15) is 5.52 Å². The van der Waals surface area contributed by atoms with E-state index in [2.05, 4.69) is 185 Å². The Labute approximate surface area is 340 Å². The fourth-order valence-corrected chi connectivity index (χ4v) is 9.04. The Hall–Kier alpha value is -7.95. The third-order valence-corrected chi connectivity index (χ3v) is 11.8. The van der Waals surface area contributed by atoms with Crippen LogP contribution in [0.25, 0.3) is 93.5 Å². The number of benzene rings is 10. The first-order valence-electron chi connectivity index (χ1n) is 20.0. The lowest BCUT2D eigenvalue weighted by molar-refractivity contribution is 0.621. The van der Waals surface area contributed by atoms with Crippen LogP contribution in [0.5, 0.6) is 0 Å². The van der Waals surface area contributed by atoms with Crippen molar-refractivity contribution in [2.75, 3.05) is 4.90 Å². The molecule has 0 unspecified atom stereocenters. The van der Waals surface area contributed by atoms with Crippen LogP contribution < -0.4 is 4.90 Å². The van der Waals surface area contributed by atoms with E-state index in [1.165, 1.54) is 48.6 Å². The second-order valence-corrected chi connectivity index (χ2v) is 15.2. The van der Waals surface area contributed by atoms with Crippen molar-refractivity contribution in [1.29, 1.82) is 0 Å². The molecule has 12 rings (SSSR count). The maximum atomic E-state index is 6.53. The molecule has 59 heavy (non-hydrogen) atoms. The molecule has 0 atom stereocenters. The molecule has 2 aromatic heterocycles. The van der Waals surface area contributed by atoms with Crippen LogP contribution in [0.15, 0.2) is 217 Å². The van der Waals surface area contributed by atoms with E-state index in [4.69, 9.17) is 9.40 Å². The van der Waals surface area contributed by atoms with Crippen LogP contribution in [0, 0.1) is 0 Å². The van der Waals surface area contributed by atoms with Crippen molar-refractivity contribution in [3.63, 3.8) is 0 Å². The van der Waals surface area contributed by atoms with Gasteiger partial charge in [-0.25, -0.2) is 4.98 Å². The molecule has 0 saturated carbocycles.